The second kappa shape index (κ2) is 7.42. The number of nitro groups is 1. The van der Waals surface area contributed by atoms with Crippen molar-refractivity contribution in [1.82, 2.24) is 19.1 Å². The molecule has 0 unspecified atom stereocenters. The van der Waals surface area contributed by atoms with Gasteiger partial charge in [0.25, 0.3) is 0 Å². The van der Waals surface area contributed by atoms with Crippen LogP contribution in [0.25, 0.3) is 0 Å². The molecule has 0 aliphatic heterocycles. The summed E-state index contributed by atoms with van der Waals surface area (Å²) in [6.07, 6.45) is 4.89. The van der Waals surface area contributed by atoms with Gasteiger partial charge in [-0.2, -0.15) is 0 Å². The maximum absolute atomic E-state index is 11.1. The first kappa shape index (κ1) is 19.9. The van der Waals surface area contributed by atoms with E-state index in [4.69, 9.17) is 9.47 Å². The molecular formula is C16H26N6O4. The van der Waals surface area contributed by atoms with Crippen LogP contribution in [-0.2, 0) is 20.6 Å². The zero-order valence-corrected chi connectivity index (χ0v) is 16.0. The molecule has 10 nitrogen and oxygen atoms in total. The monoisotopic (exact) mass is 366 g/mol. The molecular weight excluding hydrogens is 340 g/mol. The first-order valence-corrected chi connectivity index (χ1v) is 8.14. The Morgan fingerprint density at radius 2 is 1.77 bits per heavy atom. The van der Waals surface area contributed by atoms with Gasteiger partial charge >= 0.3 is 11.8 Å². The van der Waals surface area contributed by atoms with E-state index in [1.807, 2.05) is 38.5 Å². The maximum atomic E-state index is 11.1. The summed E-state index contributed by atoms with van der Waals surface area (Å²) in [5.74, 6) is 0.619. The van der Waals surface area contributed by atoms with Gasteiger partial charge in [-0.05, 0) is 32.6 Å². The Morgan fingerprint density at radius 1 is 1.15 bits per heavy atom. The van der Waals surface area contributed by atoms with E-state index in [0.717, 1.165) is 0 Å². The quantitative estimate of drug-likeness (QED) is 0.536. The third-order valence-corrected chi connectivity index (χ3v) is 4.05. The Bertz CT molecular complexity index is 765. The lowest BCUT2D eigenvalue weighted by Crippen LogP contribution is -2.31. The Hall–Kier alpha value is -2.46. The molecule has 144 valence electrons. The van der Waals surface area contributed by atoms with Crippen molar-refractivity contribution >= 4 is 17.6 Å². The van der Waals surface area contributed by atoms with E-state index < -0.39 is 10.5 Å². The number of anilines is 2. The van der Waals surface area contributed by atoms with Crippen molar-refractivity contribution in [3.8, 4) is 0 Å². The van der Waals surface area contributed by atoms with Crippen LogP contribution in [0.15, 0.2) is 18.7 Å². The lowest BCUT2D eigenvalue weighted by atomic mass is 10.1. The number of hydrogen-bond donors (Lipinski definition) is 1. The van der Waals surface area contributed by atoms with Gasteiger partial charge in [0.2, 0.25) is 0 Å². The molecule has 2 heterocycles. The number of nitrogens with zero attached hydrogens (tertiary/aromatic N) is 5. The minimum absolute atomic E-state index is 0.240. The van der Waals surface area contributed by atoms with Gasteiger partial charge in [-0.3, -0.25) is 9.88 Å². The van der Waals surface area contributed by atoms with Gasteiger partial charge in [-0.25, -0.2) is 4.98 Å². The van der Waals surface area contributed by atoms with Crippen LogP contribution in [0.2, 0.25) is 0 Å². The van der Waals surface area contributed by atoms with Gasteiger partial charge in [0, 0.05) is 25.4 Å². The van der Waals surface area contributed by atoms with E-state index in [0.29, 0.717) is 25.0 Å². The van der Waals surface area contributed by atoms with Crippen LogP contribution in [0.1, 0.15) is 27.7 Å². The highest BCUT2D eigenvalue weighted by molar-refractivity contribution is 5.50. The number of rotatable bonds is 9. The lowest BCUT2D eigenvalue weighted by molar-refractivity contribution is -0.389. The predicted octanol–water partition coefficient (Wildman–Crippen LogP) is 2.49. The molecule has 0 aliphatic carbocycles. The molecule has 0 saturated carbocycles. The average Bonchev–Trinajstić information content (AvgIpc) is 3.15. The summed E-state index contributed by atoms with van der Waals surface area (Å²) in [7, 11) is 3.23. The fourth-order valence-electron chi connectivity index (χ4n) is 2.69. The summed E-state index contributed by atoms with van der Waals surface area (Å²) in [6, 6.07) is 0. The molecule has 2 aromatic heterocycles. The molecule has 0 fully saturated rings. The lowest BCUT2D eigenvalue weighted by Gasteiger charge is -2.26. The number of hydrogen-bond acceptors (Lipinski definition) is 7. The molecule has 0 aliphatic rings. The topological polar surface area (TPSA) is 109 Å². The third kappa shape index (κ3) is 4.20. The van der Waals surface area contributed by atoms with Gasteiger partial charge in [0.1, 0.15) is 6.20 Å². The van der Waals surface area contributed by atoms with Gasteiger partial charge in [0.05, 0.1) is 30.6 Å². The van der Waals surface area contributed by atoms with Crippen LogP contribution in [0.3, 0.4) is 0 Å². The van der Waals surface area contributed by atoms with Crippen LogP contribution in [0.4, 0.5) is 17.6 Å². The summed E-state index contributed by atoms with van der Waals surface area (Å²) < 4.78 is 14.1. The molecule has 0 atom stereocenters. The summed E-state index contributed by atoms with van der Waals surface area (Å²) in [5.41, 5.74) is -0.811. The fraction of sp³-hybridized carbons (Fsp3) is 0.625. The molecule has 1 N–H and O–H groups in total. The molecule has 0 saturated heterocycles. The van der Waals surface area contributed by atoms with Gasteiger partial charge in [0.15, 0.2) is 5.82 Å². The van der Waals surface area contributed by atoms with Crippen molar-refractivity contribution < 1.29 is 14.4 Å². The highest BCUT2D eigenvalue weighted by Gasteiger charge is 2.30. The van der Waals surface area contributed by atoms with Gasteiger partial charge in [-0.15, -0.1) is 0 Å². The Morgan fingerprint density at radius 3 is 2.35 bits per heavy atom. The van der Waals surface area contributed by atoms with Crippen molar-refractivity contribution in [2.24, 2.45) is 0 Å². The summed E-state index contributed by atoms with van der Waals surface area (Å²) >= 11 is 0. The van der Waals surface area contributed by atoms with Crippen LogP contribution >= 0.6 is 0 Å². The number of ether oxygens (including phenoxy) is 2. The van der Waals surface area contributed by atoms with Crippen LogP contribution < -0.4 is 5.32 Å². The van der Waals surface area contributed by atoms with E-state index in [1.54, 1.807) is 25.1 Å². The van der Waals surface area contributed by atoms with E-state index in [1.165, 1.54) is 6.20 Å². The molecule has 0 aromatic carbocycles. The highest BCUT2D eigenvalue weighted by Crippen LogP contribution is 2.27. The third-order valence-electron chi connectivity index (χ3n) is 4.05. The van der Waals surface area contributed by atoms with E-state index in [-0.39, 0.29) is 11.4 Å². The smallest absolute Gasteiger partial charge is 0.382 e. The second-order valence-electron chi connectivity index (χ2n) is 7.33. The number of aromatic nitrogens is 4. The predicted molar refractivity (Wildman–Crippen MR) is 96.8 cm³/mol. The summed E-state index contributed by atoms with van der Waals surface area (Å²) in [4.78, 5) is 19.0. The Labute approximate surface area is 152 Å². The van der Waals surface area contributed by atoms with Gasteiger partial charge < -0.3 is 24.2 Å². The zero-order valence-electron chi connectivity index (χ0n) is 16.0. The molecule has 0 bridgehead atoms. The highest BCUT2D eigenvalue weighted by atomic mass is 16.6. The standard InChI is InChI=1S/C16H26N6O4/c1-15(2,9-25-5)20-7-12(17-11-20)18-14-19-13(22(23)24)8-21(14)16(3,4)10-26-6/h7-8,11H,9-10H2,1-6H3,(H,18,19). The van der Waals surface area contributed by atoms with E-state index >= 15 is 0 Å². The molecule has 2 aromatic rings. The number of imidazole rings is 2. The number of nitrogens with one attached hydrogen (secondary N) is 1. The fourth-order valence-corrected chi connectivity index (χ4v) is 2.69. The van der Waals surface area contributed by atoms with Gasteiger partial charge in [-0.1, -0.05) is 0 Å². The zero-order chi connectivity index (χ0) is 19.5. The SMILES string of the molecule is COCC(C)(C)n1cnc(Nc2nc([N+](=O)[O-])cn2C(C)(C)COC)c1. The van der Waals surface area contributed by atoms with Crippen molar-refractivity contribution in [3.63, 3.8) is 0 Å². The van der Waals surface area contributed by atoms with Crippen molar-refractivity contribution in [2.75, 3.05) is 32.8 Å². The summed E-state index contributed by atoms with van der Waals surface area (Å²) in [6.45, 7) is 8.75. The molecule has 2 rings (SSSR count). The molecule has 0 spiro atoms. The van der Waals surface area contributed by atoms with Crippen LogP contribution in [0, 0.1) is 10.1 Å². The van der Waals surface area contributed by atoms with E-state index in [9.17, 15) is 10.1 Å². The minimum atomic E-state index is -0.532. The van der Waals surface area contributed by atoms with E-state index in [2.05, 4.69) is 15.3 Å². The molecule has 0 amide bonds. The summed E-state index contributed by atoms with van der Waals surface area (Å²) in [5, 5.41) is 14.2. The molecule has 10 heteroatoms. The Kier molecular flexibility index (Phi) is 5.67. The number of methoxy groups -OCH3 is 2. The largest absolute Gasteiger partial charge is 0.384 e. The average molecular weight is 366 g/mol. The van der Waals surface area contributed by atoms with Crippen molar-refractivity contribution in [3.05, 3.63) is 28.8 Å². The van der Waals surface area contributed by atoms with Crippen LogP contribution in [-0.4, -0.2) is 51.5 Å². The molecule has 26 heavy (non-hydrogen) atoms. The second-order valence-corrected chi connectivity index (χ2v) is 7.33. The van der Waals surface area contributed by atoms with Crippen molar-refractivity contribution in [1.29, 1.82) is 0 Å². The first-order chi connectivity index (χ1) is 12.1. The van der Waals surface area contributed by atoms with Crippen LogP contribution in [0.5, 0.6) is 0 Å². The van der Waals surface area contributed by atoms with Crippen molar-refractivity contribution in [2.45, 2.75) is 38.8 Å². The Balaban J connectivity index is 2.34. The minimum Gasteiger partial charge on any atom is -0.382 e. The molecule has 0 radical (unpaired) electrons. The normalized spacial score (nSPS) is 12.4. The first-order valence-electron chi connectivity index (χ1n) is 8.14. The maximum Gasteiger partial charge on any atom is 0.384 e.